The molecule has 0 saturated carbocycles. The largest absolute Gasteiger partial charge is 0.497 e. The maximum Gasteiger partial charge on any atom is 0.262 e. The number of sulfonamides is 1. The van der Waals surface area contributed by atoms with E-state index in [1.54, 1.807) is 24.3 Å². The normalized spacial score (nSPS) is 11.1. The van der Waals surface area contributed by atoms with Crippen LogP contribution < -0.4 is 14.2 Å². The van der Waals surface area contributed by atoms with Crippen LogP contribution in [0.4, 0.5) is 5.69 Å². The Morgan fingerprint density at radius 2 is 1.81 bits per heavy atom. The molecule has 1 heterocycles. The van der Waals surface area contributed by atoms with Crippen molar-refractivity contribution in [3.8, 4) is 17.4 Å². The van der Waals surface area contributed by atoms with Gasteiger partial charge in [-0.1, -0.05) is 18.2 Å². The molecule has 140 valence electrons. The Labute approximate surface area is 158 Å². The molecule has 0 bridgehead atoms. The fourth-order valence-corrected chi connectivity index (χ4v) is 3.49. The minimum atomic E-state index is -3.74. The smallest absolute Gasteiger partial charge is 0.262 e. The monoisotopic (exact) mass is 384 g/mol. The molecule has 6 nitrogen and oxygen atoms in total. The molecule has 27 heavy (non-hydrogen) atoms. The summed E-state index contributed by atoms with van der Waals surface area (Å²) < 4.78 is 38.4. The lowest BCUT2D eigenvalue weighted by Gasteiger charge is -2.11. The number of pyridine rings is 1. The van der Waals surface area contributed by atoms with E-state index in [0.717, 1.165) is 11.1 Å². The van der Waals surface area contributed by atoms with Gasteiger partial charge >= 0.3 is 0 Å². The van der Waals surface area contributed by atoms with Crippen molar-refractivity contribution in [2.45, 2.75) is 18.7 Å². The predicted molar refractivity (Wildman–Crippen MR) is 104 cm³/mol. The lowest BCUT2D eigenvalue weighted by Crippen LogP contribution is -2.13. The first-order chi connectivity index (χ1) is 12.9. The second-order valence-corrected chi connectivity index (χ2v) is 7.72. The highest BCUT2D eigenvalue weighted by molar-refractivity contribution is 7.92. The van der Waals surface area contributed by atoms with Crippen molar-refractivity contribution >= 4 is 15.7 Å². The summed E-state index contributed by atoms with van der Waals surface area (Å²) in [6, 6.07) is 15.4. The van der Waals surface area contributed by atoms with Gasteiger partial charge in [0.2, 0.25) is 5.88 Å². The summed E-state index contributed by atoms with van der Waals surface area (Å²) in [5, 5.41) is 0. The molecule has 2 aromatic carbocycles. The van der Waals surface area contributed by atoms with E-state index in [1.807, 2.05) is 32.0 Å². The van der Waals surface area contributed by atoms with Crippen molar-refractivity contribution in [2.75, 3.05) is 11.8 Å². The standard InChI is InChI=1S/C20H20N2O4S/c1-14-7-8-15(2)19(11-14)26-20-10-9-16(13-21-20)22-27(23,24)18-6-4-5-17(12-18)25-3/h4-13,22H,1-3H3. The number of rotatable bonds is 6. The Balaban J connectivity index is 1.76. The number of methoxy groups -OCH3 is 1. The van der Waals surface area contributed by atoms with Crippen LogP contribution in [0.2, 0.25) is 0 Å². The molecule has 0 spiro atoms. The molecule has 0 aliphatic rings. The first-order valence-electron chi connectivity index (χ1n) is 8.25. The molecule has 3 rings (SSSR count). The van der Waals surface area contributed by atoms with Gasteiger partial charge in [-0.25, -0.2) is 13.4 Å². The van der Waals surface area contributed by atoms with Gasteiger partial charge in [-0.05, 0) is 49.2 Å². The molecule has 1 N–H and O–H groups in total. The third-order valence-corrected chi connectivity index (χ3v) is 5.28. The Hall–Kier alpha value is -3.06. The number of aryl methyl sites for hydroxylation is 2. The zero-order valence-electron chi connectivity index (χ0n) is 15.3. The number of anilines is 1. The van der Waals surface area contributed by atoms with E-state index in [9.17, 15) is 8.42 Å². The summed E-state index contributed by atoms with van der Waals surface area (Å²) in [7, 11) is -2.26. The van der Waals surface area contributed by atoms with Crippen LogP contribution >= 0.6 is 0 Å². The average Bonchev–Trinajstić information content (AvgIpc) is 2.66. The summed E-state index contributed by atoms with van der Waals surface area (Å²) in [6.07, 6.45) is 1.41. The summed E-state index contributed by atoms with van der Waals surface area (Å²) >= 11 is 0. The van der Waals surface area contributed by atoms with Crippen molar-refractivity contribution in [3.05, 3.63) is 71.9 Å². The molecule has 0 aliphatic carbocycles. The SMILES string of the molecule is COc1cccc(S(=O)(=O)Nc2ccc(Oc3cc(C)ccc3C)nc2)c1. The maximum atomic E-state index is 12.5. The number of aromatic nitrogens is 1. The molecule has 0 fully saturated rings. The van der Waals surface area contributed by atoms with Crippen LogP contribution in [-0.2, 0) is 10.0 Å². The zero-order chi connectivity index (χ0) is 19.4. The fraction of sp³-hybridized carbons (Fsp3) is 0.150. The van der Waals surface area contributed by atoms with E-state index >= 15 is 0 Å². The maximum absolute atomic E-state index is 12.5. The van der Waals surface area contributed by atoms with Crippen LogP contribution in [-0.4, -0.2) is 20.5 Å². The predicted octanol–water partition coefficient (Wildman–Crippen LogP) is 4.30. The highest BCUT2D eigenvalue weighted by Crippen LogP contribution is 2.26. The van der Waals surface area contributed by atoms with Crippen molar-refractivity contribution in [3.63, 3.8) is 0 Å². The second kappa shape index (κ2) is 7.67. The number of hydrogen-bond acceptors (Lipinski definition) is 5. The van der Waals surface area contributed by atoms with Crippen LogP contribution in [0.5, 0.6) is 17.4 Å². The highest BCUT2D eigenvalue weighted by atomic mass is 32.2. The van der Waals surface area contributed by atoms with Crippen LogP contribution in [0, 0.1) is 13.8 Å². The van der Waals surface area contributed by atoms with E-state index in [2.05, 4.69) is 9.71 Å². The van der Waals surface area contributed by atoms with Gasteiger partial charge in [0.25, 0.3) is 10.0 Å². The molecule has 3 aromatic rings. The molecule has 7 heteroatoms. The zero-order valence-corrected chi connectivity index (χ0v) is 16.1. The minimum Gasteiger partial charge on any atom is -0.497 e. The van der Waals surface area contributed by atoms with Crippen LogP contribution in [0.15, 0.2) is 65.7 Å². The van der Waals surface area contributed by atoms with Gasteiger partial charge in [0.1, 0.15) is 11.5 Å². The topological polar surface area (TPSA) is 77.5 Å². The van der Waals surface area contributed by atoms with E-state index in [1.165, 1.54) is 25.4 Å². The molecule has 0 aliphatic heterocycles. The van der Waals surface area contributed by atoms with E-state index in [0.29, 0.717) is 23.1 Å². The van der Waals surface area contributed by atoms with Crippen molar-refractivity contribution < 1.29 is 17.9 Å². The second-order valence-electron chi connectivity index (χ2n) is 6.04. The van der Waals surface area contributed by atoms with Gasteiger partial charge in [0.15, 0.2) is 0 Å². The Kier molecular flexibility index (Phi) is 5.32. The van der Waals surface area contributed by atoms with Crippen LogP contribution in [0.25, 0.3) is 0 Å². The molecular formula is C20H20N2O4S. The Morgan fingerprint density at radius 1 is 1.00 bits per heavy atom. The quantitative estimate of drug-likeness (QED) is 0.686. The average molecular weight is 384 g/mol. The van der Waals surface area contributed by atoms with Crippen molar-refractivity contribution in [2.24, 2.45) is 0 Å². The molecule has 0 saturated heterocycles. The molecule has 0 amide bonds. The molecule has 1 aromatic heterocycles. The lowest BCUT2D eigenvalue weighted by molar-refractivity contribution is 0.413. The van der Waals surface area contributed by atoms with Gasteiger partial charge in [-0.2, -0.15) is 0 Å². The van der Waals surface area contributed by atoms with Crippen molar-refractivity contribution in [1.29, 1.82) is 0 Å². The lowest BCUT2D eigenvalue weighted by atomic mass is 10.1. The number of hydrogen-bond donors (Lipinski definition) is 1. The first kappa shape index (κ1) is 18.7. The summed E-state index contributed by atoms with van der Waals surface area (Å²) in [5.41, 5.74) is 2.41. The summed E-state index contributed by atoms with van der Waals surface area (Å²) in [5.74, 6) is 1.56. The summed E-state index contributed by atoms with van der Waals surface area (Å²) in [4.78, 5) is 4.29. The highest BCUT2D eigenvalue weighted by Gasteiger charge is 2.15. The van der Waals surface area contributed by atoms with Gasteiger partial charge in [-0.15, -0.1) is 0 Å². The molecule has 0 unspecified atom stereocenters. The minimum absolute atomic E-state index is 0.109. The first-order valence-corrected chi connectivity index (χ1v) is 9.74. The van der Waals surface area contributed by atoms with Crippen LogP contribution in [0.1, 0.15) is 11.1 Å². The van der Waals surface area contributed by atoms with Crippen LogP contribution in [0.3, 0.4) is 0 Å². The van der Waals surface area contributed by atoms with Gasteiger partial charge in [0, 0.05) is 12.1 Å². The number of nitrogens with zero attached hydrogens (tertiary/aromatic N) is 1. The third-order valence-electron chi connectivity index (χ3n) is 3.90. The van der Waals surface area contributed by atoms with Gasteiger partial charge in [-0.3, -0.25) is 4.72 Å². The Morgan fingerprint density at radius 3 is 2.52 bits per heavy atom. The van der Waals surface area contributed by atoms with Gasteiger partial charge in [0.05, 0.1) is 23.9 Å². The molecular weight excluding hydrogens is 364 g/mol. The van der Waals surface area contributed by atoms with E-state index in [-0.39, 0.29) is 4.90 Å². The van der Waals surface area contributed by atoms with E-state index < -0.39 is 10.0 Å². The van der Waals surface area contributed by atoms with Gasteiger partial charge < -0.3 is 9.47 Å². The number of ether oxygens (including phenoxy) is 2. The summed E-state index contributed by atoms with van der Waals surface area (Å²) in [6.45, 7) is 3.93. The number of benzene rings is 2. The fourth-order valence-electron chi connectivity index (χ4n) is 2.41. The Bertz CT molecular complexity index is 1050. The molecule has 0 atom stereocenters. The third kappa shape index (κ3) is 4.57. The van der Waals surface area contributed by atoms with Crippen molar-refractivity contribution in [1.82, 2.24) is 4.98 Å². The van der Waals surface area contributed by atoms with E-state index in [4.69, 9.17) is 9.47 Å². The number of nitrogens with one attached hydrogen (secondary N) is 1. The molecule has 0 radical (unpaired) electrons.